The first-order valence-corrected chi connectivity index (χ1v) is 4.93. The Hall–Kier alpha value is -1.58. The third-order valence-electron chi connectivity index (χ3n) is 2.27. The predicted octanol–water partition coefficient (Wildman–Crippen LogP) is 5.73. The molecule has 1 nitrogen and oxygen atoms in total. The minimum absolute atomic E-state index is 1.68. The van der Waals surface area contributed by atoms with Gasteiger partial charge in [-0.3, -0.25) is 0 Å². The fourth-order valence-electron chi connectivity index (χ4n) is 0.970. The highest BCUT2D eigenvalue weighted by Gasteiger charge is 2.91. The van der Waals surface area contributed by atoms with Crippen molar-refractivity contribution in [2.45, 2.75) is 36.0 Å². The lowest BCUT2D eigenvalue weighted by atomic mass is 9.97. The first-order chi connectivity index (χ1) is 10.6. The van der Waals surface area contributed by atoms with Crippen molar-refractivity contribution >= 4 is 0 Å². The number of alkyl halides is 13. The van der Waals surface area contributed by atoms with E-state index in [0.717, 1.165) is 0 Å². The van der Waals surface area contributed by atoms with Gasteiger partial charge in [0.1, 0.15) is 0 Å². The van der Waals surface area contributed by atoms with Crippen LogP contribution in [0, 0.1) is 0 Å². The molecule has 0 aromatic rings. The lowest BCUT2D eigenvalue weighted by molar-refractivity contribution is -0.463. The number of rotatable bonds is 6. The van der Waals surface area contributed by atoms with Crippen LogP contribution in [0.5, 0.6) is 0 Å². The second-order valence-electron chi connectivity index (χ2n) is 3.95. The van der Waals surface area contributed by atoms with Gasteiger partial charge in [-0.15, -0.1) is 0 Å². The van der Waals surface area contributed by atoms with E-state index in [2.05, 4.69) is 0 Å². The van der Waals surface area contributed by atoms with Gasteiger partial charge in [0.05, 0.1) is 0 Å². The summed E-state index contributed by atoms with van der Waals surface area (Å²) < 4.78 is 198. The molecule has 17 heteroatoms. The van der Waals surface area contributed by atoms with Crippen LogP contribution < -0.4 is 0 Å². The lowest BCUT2D eigenvalue weighted by Crippen LogP contribution is -2.70. The van der Waals surface area contributed by atoms with E-state index in [1.165, 1.54) is 0 Å². The monoisotopic (exact) mass is 416 g/mol. The number of hydrogen-bond donors (Lipinski definition) is 0. The summed E-state index contributed by atoms with van der Waals surface area (Å²) in [7, 11) is 0. The predicted molar refractivity (Wildman–Crippen MR) is 42.2 cm³/mol. The maximum Gasteiger partial charge on any atom is 0.472 e. The van der Waals surface area contributed by atoms with E-state index in [1.54, 1.807) is 4.74 Å². The molecule has 0 aliphatic rings. The van der Waals surface area contributed by atoms with Gasteiger partial charge in [0.2, 0.25) is 0 Å². The molecule has 0 aromatic heterocycles. The molecule has 0 heterocycles. The molecule has 0 saturated heterocycles. The zero-order chi connectivity index (χ0) is 20.9. The molecule has 0 N–H and O–H groups in total. The SMILES string of the molecule is FC(F)=C(F)OC(F)(F)C(F)(F)C(F)(F)C(F)(F)C(F)(F)C(F)(F)F. The number of ether oxygens (including phenoxy) is 1. The van der Waals surface area contributed by atoms with E-state index in [4.69, 9.17) is 0 Å². The normalized spacial score (nSPS) is 15.2. The Morgan fingerprint density at radius 2 is 0.800 bits per heavy atom. The van der Waals surface area contributed by atoms with Gasteiger partial charge in [-0.05, 0) is 0 Å². The Morgan fingerprint density at radius 3 is 1.08 bits per heavy atom. The average Bonchev–Trinajstić information content (AvgIpc) is 2.35. The van der Waals surface area contributed by atoms with Crippen molar-refractivity contribution in [1.29, 1.82) is 0 Å². The summed E-state index contributed by atoms with van der Waals surface area (Å²) >= 11 is 0. The van der Waals surface area contributed by atoms with Gasteiger partial charge in [-0.25, -0.2) is 0 Å². The number of hydrogen-bond acceptors (Lipinski definition) is 1. The second kappa shape index (κ2) is 6.00. The first kappa shape index (κ1) is 23.4. The van der Waals surface area contributed by atoms with Crippen LogP contribution >= 0.6 is 0 Å². The molecule has 0 amide bonds. The van der Waals surface area contributed by atoms with Gasteiger partial charge in [0, 0.05) is 0 Å². The topological polar surface area (TPSA) is 9.23 Å². The highest BCUT2D eigenvalue weighted by molar-refractivity contribution is 5.09. The molecule has 0 aliphatic carbocycles. The standard InChI is InChI=1S/C8F16O/c9-1(10)2(11)25-8(23,24)6(18,19)4(14,15)3(12,13)5(16,17)7(20,21)22. The molecule has 0 saturated carbocycles. The summed E-state index contributed by atoms with van der Waals surface area (Å²) in [5, 5.41) is 0. The molecule has 0 aromatic carbocycles. The van der Waals surface area contributed by atoms with E-state index >= 15 is 0 Å². The van der Waals surface area contributed by atoms with Gasteiger partial charge in [-0.2, -0.15) is 70.2 Å². The Bertz CT molecular complexity index is 523. The summed E-state index contributed by atoms with van der Waals surface area (Å²) in [5.74, 6) is -32.5. The quantitative estimate of drug-likeness (QED) is 0.397. The molecule has 150 valence electrons. The molecule has 0 unspecified atom stereocenters. The van der Waals surface area contributed by atoms with E-state index in [1.807, 2.05) is 0 Å². The van der Waals surface area contributed by atoms with E-state index in [9.17, 15) is 70.2 Å². The highest BCUT2D eigenvalue weighted by Crippen LogP contribution is 2.60. The third kappa shape index (κ3) is 3.40. The molecule has 0 bridgehead atoms. The maximum absolute atomic E-state index is 12.8. The Balaban J connectivity index is 6.25. The van der Waals surface area contributed by atoms with E-state index in [-0.39, 0.29) is 0 Å². The zero-order valence-electron chi connectivity index (χ0n) is 10.5. The molecule has 0 atom stereocenters. The maximum atomic E-state index is 12.8. The van der Waals surface area contributed by atoms with E-state index in [0.29, 0.717) is 0 Å². The van der Waals surface area contributed by atoms with Gasteiger partial charge >= 0.3 is 48.1 Å². The Labute approximate surface area is 124 Å². The van der Waals surface area contributed by atoms with Crippen LogP contribution in [0.15, 0.2) is 12.1 Å². The highest BCUT2D eigenvalue weighted by atomic mass is 19.4. The summed E-state index contributed by atoms with van der Waals surface area (Å²) in [6.07, 6.45) is -19.0. The van der Waals surface area contributed by atoms with Crippen LogP contribution in [0.2, 0.25) is 0 Å². The summed E-state index contributed by atoms with van der Waals surface area (Å²) in [6, 6.07) is -4.01. The molecule has 0 aliphatic heterocycles. The van der Waals surface area contributed by atoms with Crippen molar-refractivity contribution in [3.8, 4) is 0 Å². The summed E-state index contributed by atoms with van der Waals surface area (Å²) in [6.45, 7) is 0. The van der Waals surface area contributed by atoms with Gasteiger partial charge < -0.3 is 4.74 Å². The molecule has 0 fully saturated rings. The first-order valence-electron chi connectivity index (χ1n) is 4.93. The van der Waals surface area contributed by atoms with Crippen LogP contribution in [-0.4, -0.2) is 36.0 Å². The molecule has 25 heavy (non-hydrogen) atoms. The van der Waals surface area contributed by atoms with Gasteiger partial charge in [0.25, 0.3) is 0 Å². The van der Waals surface area contributed by atoms with Crippen LogP contribution in [0.3, 0.4) is 0 Å². The van der Waals surface area contributed by atoms with Crippen LogP contribution in [0.25, 0.3) is 0 Å². The molecular weight excluding hydrogens is 416 g/mol. The van der Waals surface area contributed by atoms with Crippen LogP contribution in [0.4, 0.5) is 70.2 Å². The number of halogens is 16. The Kier molecular flexibility index (Phi) is 5.62. The van der Waals surface area contributed by atoms with Crippen LogP contribution in [-0.2, 0) is 4.74 Å². The van der Waals surface area contributed by atoms with E-state index < -0.39 is 48.1 Å². The van der Waals surface area contributed by atoms with Crippen molar-refractivity contribution in [2.75, 3.05) is 0 Å². The van der Waals surface area contributed by atoms with Gasteiger partial charge in [-0.1, -0.05) is 0 Å². The van der Waals surface area contributed by atoms with Gasteiger partial charge in [0.15, 0.2) is 0 Å². The minimum Gasteiger partial charge on any atom is -0.397 e. The van der Waals surface area contributed by atoms with Crippen molar-refractivity contribution in [1.82, 2.24) is 0 Å². The van der Waals surface area contributed by atoms with Crippen LogP contribution in [0.1, 0.15) is 0 Å². The fraction of sp³-hybridized carbons (Fsp3) is 0.750. The second-order valence-corrected chi connectivity index (χ2v) is 3.95. The third-order valence-corrected chi connectivity index (χ3v) is 2.27. The van der Waals surface area contributed by atoms with Crippen molar-refractivity contribution < 1.29 is 75.0 Å². The summed E-state index contributed by atoms with van der Waals surface area (Å²) in [4.78, 5) is 0. The summed E-state index contributed by atoms with van der Waals surface area (Å²) in [5.41, 5.74) is 0. The zero-order valence-corrected chi connectivity index (χ0v) is 10.5. The largest absolute Gasteiger partial charge is 0.472 e. The smallest absolute Gasteiger partial charge is 0.397 e. The molecular formula is C8F16O. The fourth-order valence-corrected chi connectivity index (χ4v) is 0.970. The molecule has 0 radical (unpaired) electrons. The molecule has 0 rings (SSSR count). The minimum atomic E-state index is -8.25. The molecule has 0 spiro atoms. The van der Waals surface area contributed by atoms with Crippen molar-refractivity contribution in [3.63, 3.8) is 0 Å². The van der Waals surface area contributed by atoms with Crippen molar-refractivity contribution in [3.05, 3.63) is 12.1 Å². The Morgan fingerprint density at radius 1 is 0.480 bits per heavy atom. The lowest BCUT2D eigenvalue weighted by Gasteiger charge is -2.38. The van der Waals surface area contributed by atoms with Crippen molar-refractivity contribution in [2.24, 2.45) is 0 Å². The average molecular weight is 416 g/mol.